The number of hydrogen-bond acceptors (Lipinski definition) is 5. The van der Waals surface area contributed by atoms with Gasteiger partial charge >= 0.3 is 17.9 Å². The number of aliphatic carboxylic acids is 1. The molecule has 1 N–H and O–H groups in total. The molecule has 6 heteroatoms. The molecular formula is C28H26O6. The summed E-state index contributed by atoms with van der Waals surface area (Å²) in [4.78, 5) is 37.9. The highest BCUT2D eigenvalue weighted by Gasteiger charge is 2.57. The third-order valence-corrected chi connectivity index (χ3v) is 7.47. The largest absolute Gasteiger partial charge is 0.472 e. The van der Waals surface area contributed by atoms with Gasteiger partial charge in [-0.2, -0.15) is 0 Å². The highest BCUT2D eigenvalue weighted by Crippen LogP contribution is 2.59. The molecule has 2 bridgehead atoms. The van der Waals surface area contributed by atoms with Gasteiger partial charge in [0.2, 0.25) is 0 Å². The summed E-state index contributed by atoms with van der Waals surface area (Å²) in [7, 11) is 0. The molecule has 0 aliphatic heterocycles. The van der Waals surface area contributed by atoms with Crippen LogP contribution in [0.1, 0.15) is 66.7 Å². The number of rotatable bonds is 4. The third kappa shape index (κ3) is 3.75. The van der Waals surface area contributed by atoms with Gasteiger partial charge < -0.3 is 14.6 Å². The molecule has 0 amide bonds. The van der Waals surface area contributed by atoms with Crippen molar-refractivity contribution in [2.24, 2.45) is 11.8 Å². The molecule has 0 heterocycles. The molecule has 4 aliphatic rings. The third-order valence-electron chi connectivity index (χ3n) is 7.47. The molecule has 0 aromatic heterocycles. The van der Waals surface area contributed by atoms with Gasteiger partial charge in [0, 0.05) is 17.8 Å². The molecule has 0 saturated heterocycles. The quantitative estimate of drug-likeness (QED) is 0.550. The number of benzene rings is 2. The zero-order valence-electron chi connectivity index (χ0n) is 19.0. The molecule has 6 rings (SSSR count). The van der Waals surface area contributed by atoms with E-state index < -0.39 is 29.4 Å². The van der Waals surface area contributed by atoms with Crippen molar-refractivity contribution in [3.8, 4) is 11.8 Å². The van der Waals surface area contributed by atoms with E-state index in [4.69, 9.17) is 14.6 Å². The summed E-state index contributed by atoms with van der Waals surface area (Å²) in [6.45, 7) is 1.62. The number of carboxylic acids is 1. The highest BCUT2D eigenvalue weighted by molar-refractivity contribution is 5.88. The van der Waals surface area contributed by atoms with Crippen LogP contribution in [0, 0.1) is 23.7 Å². The van der Waals surface area contributed by atoms with Crippen molar-refractivity contribution in [1.82, 2.24) is 0 Å². The molecule has 1 fully saturated rings. The van der Waals surface area contributed by atoms with E-state index >= 15 is 0 Å². The highest BCUT2D eigenvalue weighted by atomic mass is 16.6. The number of esters is 2. The molecule has 34 heavy (non-hydrogen) atoms. The summed E-state index contributed by atoms with van der Waals surface area (Å²) in [5.41, 5.74) is 3.59. The van der Waals surface area contributed by atoms with Gasteiger partial charge in [-0.05, 0) is 60.8 Å². The average molecular weight is 459 g/mol. The molecular weight excluding hydrogens is 432 g/mol. The van der Waals surface area contributed by atoms with Gasteiger partial charge in [-0.25, -0.2) is 4.79 Å². The standard InChI is InChI=1S/C28H26O6/c1-28(14-6-7-15-28)34-27(32)25-23-19-11-4-2-9-17(19)22(18-10-3-5-12-20(18)23)24(25)26(31)33-16-8-13-21(29)30/h2-5,9-12,22-25H,6-7,14-16H2,1H3,(H,29,30). The Morgan fingerprint density at radius 3 is 1.82 bits per heavy atom. The zero-order chi connectivity index (χ0) is 23.9. The Labute approximate surface area is 198 Å². The summed E-state index contributed by atoms with van der Waals surface area (Å²) in [6, 6.07) is 15.9. The number of carbonyl (C=O) groups is 3. The first-order chi connectivity index (χ1) is 16.4. The van der Waals surface area contributed by atoms with Crippen LogP contribution >= 0.6 is 0 Å². The smallest absolute Gasteiger partial charge is 0.382 e. The molecule has 2 atom stereocenters. The predicted molar refractivity (Wildman–Crippen MR) is 123 cm³/mol. The van der Waals surface area contributed by atoms with E-state index in [-0.39, 0.29) is 24.4 Å². The molecule has 2 unspecified atom stereocenters. The van der Waals surface area contributed by atoms with Crippen molar-refractivity contribution in [2.45, 2.75) is 50.0 Å². The van der Waals surface area contributed by atoms with E-state index in [0.717, 1.165) is 47.9 Å². The van der Waals surface area contributed by atoms with E-state index in [2.05, 4.69) is 5.92 Å². The van der Waals surface area contributed by atoms with Crippen molar-refractivity contribution < 1.29 is 29.0 Å². The first-order valence-electron chi connectivity index (χ1n) is 11.7. The summed E-state index contributed by atoms with van der Waals surface area (Å²) in [5.74, 6) is -0.115. The number of hydrogen-bond donors (Lipinski definition) is 1. The van der Waals surface area contributed by atoms with Crippen LogP contribution < -0.4 is 0 Å². The molecule has 4 aliphatic carbocycles. The van der Waals surface area contributed by atoms with Crippen molar-refractivity contribution in [2.75, 3.05) is 6.61 Å². The maximum atomic E-state index is 13.8. The average Bonchev–Trinajstić information content (AvgIpc) is 3.26. The van der Waals surface area contributed by atoms with E-state index in [1.807, 2.05) is 61.4 Å². The second-order valence-electron chi connectivity index (χ2n) is 9.56. The van der Waals surface area contributed by atoms with Gasteiger partial charge in [0.1, 0.15) is 5.60 Å². The van der Waals surface area contributed by atoms with Crippen molar-refractivity contribution in [3.63, 3.8) is 0 Å². The fourth-order valence-corrected chi connectivity index (χ4v) is 6.09. The molecule has 2 aromatic carbocycles. The van der Waals surface area contributed by atoms with Crippen LogP contribution in [0.25, 0.3) is 0 Å². The predicted octanol–water partition coefficient (Wildman–Crippen LogP) is 4.02. The van der Waals surface area contributed by atoms with Crippen molar-refractivity contribution in [3.05, 3.63) is 70.8 Å². The second kappa shape index (κ2) is 8.64. The lowest BCUT2D eigenvalue weighted by atomic mass is 9.54. The van der Waals surface area contributed by atoms with Gasteiger partial charge in [0.05, 0.1) is 11.8 Å². The van der Waals surface area contributed by atoms with E-state index in [0.29, 0.717) is 0 Å². The van der Waals surface area contributed by atoms with Gasteiger partial charge in [-0.15, -0.1) is 0 Å². The Kier molecular flexibility index (Phi) is 5.65. The minimum atomic E-state index is -1.29. The van der Waals surface area contributed by atoms with Gasteiger partial charge in [-0.3, -0.25) is 9.59 Å². The monoisotopic (exact) mass is 458 g/mol. The van der Waals surface area contributed by atoms with Crippen LogP contribution in [-0.4, -0.2) is 35.2 Å². The van der Waals surface area contributed by atoms with Crippen molar-refractivity contribution in [1.29, 1.82) is 0 Å². The van der Waals surface area contributed by atoms with Crippen LogP contribution in [0.4, 0.5) is 0 Å². The first-order valence-corrected chi connectivity index (χ1v) is 11.7. The zero-order valence-corrected chi connectivity index (χ0v) is 19.0. The summed E-state index contributed by atoms with van der Waals surface area (Å²) < 4.78 is 11.5. The fourth-order valence-electron chi connectivity index (χ4n) is 6.09. The Balaban J connectivity index is 1.57. The number of ether oxygens (including phenoxy) is 2. The molecule has 0 radical (unpaired) electrons. The van der Waals surface area contributed by atoms with Crippen LogP contribution in [0.15, 0.2) is 48.5 Å². The van der Waals surface area contributed by atoms with E-state index in [9.17, 15) is 14.4 Å². The lowest BCUT2D eigenvalue weighted by molar-refractivity contribution is -0.172. The lowest BCUT2D eigenvalue weighted by Gasteiger charge is -2.48. The Bertz CT molecular complexity index is 1170. The maximum absolute atomic E-state index is 13.8. The van der Waals surface area contributed by atoms with E-state index in [1.54, 1.807) is 0 Å². The Morgan fingerprint density at radius 1 is 0.882 bits per heavy atom. The topological polar surface area (TPSA) is 89.9 Å². The normalized spacial score (nSPS) is 25.3. The maximum Gasteiger partial charge on any atom is 0.382 e. The molecule has 174 valence electrons. The summed E-state index contributed by atoms with van der Waals surface area (Å²) in [6.07, 6.45) is 3.65. The molecule has 0 spiro atoms. The van der Waals surface area contributed by atoms with Gasteiger partial charge in [-0.1, -0.05) is 48.5 Å². The summed E-state index contributed by atoms with van der Waals surface area (Å²) in [5, 5.41) is 8.73. The number of fused-ring (bicyclic) bond motifs is 1. The lowest BCUT2D eigenvalue weighted by Crippen LogP contribution is -2.49. The fraction of sp³-hybridized carbons (Fsp3) is 0.393. The van der Waals surface area contributed by atoms with Crippen LogP contribution in [0.5, 0.6) is 0 Å². The van der Waals surface area contributed by atoms with Crippen LogP contribution in [0.3, 0.4) is 0 Å². The van der Waals surface area contributed by atoms with Crippen LogP contribution in [0.2, 0.25) is 0 Å². The second-order valence-corrected chi connectivity index (χ2v) is 9.56. The summed E-state index contributed by atoms with van der Waals surface area (Å²) >= 11 is 0. The van der Waals surface area contributed by atoms with E-state index in [1.165, 1.54) is 0 Å². The Morgan fingerprint density at radius 2 is 1.35 bits per heavy atom. The number of carboxylic acid groups (broad SMARTS) is 1. The minimum absolute atomic E-state index is 0.322. The van der Waals surface area contributed by atoms with Crippen molar-refractivity contribution >= 4 is 17.9 Å². The Hall–Kier alpha value is -3.59. The number of carbonyl (C=O) groups excluding carboxylic acids is 2. The van der Waals surface area contributed by atoms with Crippen LogP contribution in [-0.2, 0) is 23.9 Å². The van der Waals surface area contributed by atoms with Gasteiger partial charge in [0.25, 0.3) is 0 Å². The molecule has 2 aromatic rings. The molecule has 1 saturated carbocycles. The SMILES string of the molecule is CC1(OC(=O)C2C3c4ccccc4C(c4ccccc43)C2C(=O)OCC#CC(=O)O)CCCC1. The minimum Gasteiger partial charge on any atom is -0.472 e. The van der Waals surface area contributed by atoms with Gasteiger partial charge in [0.15, 0.2) is 6.61 Å². The first kappa shape index (κ1) is 22.2. The molecule has 6 nitrogen and oxygen atoms in total.